The quantitative estimate of drug-likeness (QED) is 0.781. The van der Waals surface area contributed by atoms with E-state index in [9.17, 15) is 9.59 Å². The van der Waals surface area contributed by atoms with E-state index >= 15 is 0 Å². The molecule has 1 heterocycles. The fourth-order valence-electron chi connectivity index (χ4n) is 1.35. The van der Waals surface area contributed by atoms with Crippen LogP contribution < -0.4 is 5.32 Å². The lowest BCUT2D eigenvalue weighted by molar-refractivity contribution is -0.128. The van der Waals surface area contributed by atoms with Crippen molar-refractivity contribution in [2.75, 3.05) is 32.6 Å². The minimum absolute atomic E-state index is 0.0515. The van der Waals surface area contributed by atoms with Crippen molar-refractivity contribution in [3.05, 3.63) is 23.9 Å². The summed E-state index contributed by atoms with van der Waals surface area (Å²) in [5.41, 5.74) is 0.414. The Morgan fingerprint density at radius 3 is 2.63 bits per heavy atom. The molecule has 0 aliphatic heterocycles. The summed E-state index contributed by atoms with van der Waals surface area (Å²) in [6.07, 6.45) is 1.85. The number of carbonyl (C=O) groups excluding carboxylic acids is 2. The van der Waals surface area contributed by atoms with Crippen LogP contribution in [0.25, 0.3) is 0 Å². The van der Waals surface area contributed by atoms with Gasteiger partial charge in [-0.2, -0.15) is 0 Å². The van der Waals surface area contributed by atoms with Crippen molar-refractivity contribution in [2.45, 2.75) is 13.3 Å². The summed E-state index contributed by atoms with van der Waals surface area (Å²) >= 11 is 0. The molecule has 1 aromatic rings. The molecule has 0 spiro atoms. The van der Waals surface area contributed by atoms with Gasteiger partial charge in [-0.1, -0.05) is 0 Å². The molecule has 0 fully saturated rings. The Labute approximate surface area is 112 Å². The fourth-order valence-corrected chi connectivity index (χ4v) is 1.35. The van der Waals surface area contributed by atoms with Crippen molar-refractivity contribution in [3.8, 4) is 0 Å². The molecule has 1 amide bonds. The van der Waals surface area contributed by atoms with E-state index in [2.05, 4.69) is 10.3 Å². The van der Waals surface area contributed by atoms with Crippen LogP contribution in [0.3, 0.4) is 0 Å². The van der Waals surface area contributed by atoms with Gasteiger partial charge in [-0.3, -0.25) is 4.79 Å². The number of pyridine rings is 1. The van der Waals surface area contributed by atoms with E-state index in [0.717, 1.165) is 0 Å². The van der Waals surface area contributed by atoms with Crippen LogP contribution in [0.5, 0.6) is 0 Å². The van der Waals surface area contributed by atoms with Crippen LogP contribution in [0.15, 0.2) is 18.3 Å². The standard InChI is InChI=1S/C13H19N3O3/c1-4-19-13(18)10-5-6-11(15-9-10)14-8-7-12(17)16(2)3/h5-6,9H,4,7-8H2,1-3H3,(H,14,15). The van der Waals surface area contributed by atoms with E-state index in [1.807, 2.05) is 0 Å². The second kappa shape index (κ2) is 7.35. The van der Waals surface area contributed by atoms with E-state index in [1.165, 1.54) is 6.20 Å². The SMILES string of the molecule is CCOC(=O)c1ccc(NCCC(=O)N(C)C)nc1. The summed E-state index contributed by atoms with van der Waals surface area (Å²) in [6, 6.07) is 3.33. The topological polar surface area (TPSA) is 71.5 Å². The number of carbonyl (C=O) groups is 2. The van der Waals surface area contributed by atoms with Gasteiger partial charge in [0.1, 0.15) is 5.82 Å². The van der Waals surface area contributed by atoms with Crippen molar-refractivity contribution in [1.29, 1.82) is 0 Å². The van der Waals surface area contributed by atoms with Crippen LogP contribution in [0.2, 0.25) is 0 Å². The number of aromatic nitrogens is 1. The van der Waals surface area contributed by atoms with Crippen molar-refractivity contribution < 1.29 is 14.3 Å². The molecule has 0 atom stereocenters. The zero-order valence-electron chi connectivity index (χ0n) is 11.5. The molecule has 104 valence electrons. The van der Waals surface area contributed by atoms with Crippen molar-refractivity contribution in [1.82, 2.24) is 9.88 Å². The highest BCUT2D eigenvalue weighted by Gasteiger charge is 2.07. The summed E-state index contributed by atoms with van der Waals surface area (Å²) in [5, 5.41) is 3.02. The number of amides is 1. The Morgan fingerprint density at radius 1 is 1.37 bits per heavy atom. The van der Waals surface area contributed by atoms with Gasteiger partial charge in [-0.25, -0.2) is 9.78 Å². The molecule has 0 bridgehead atoms. The Kier molecular flexibility index (Phi) is 5.78. The molecule has 0 aliphatic rings. The summed E-state index contributed by atoms with van der Waals surface area (Å²) in [7, 11) is 3.43. The first-order valence-electron chi connectivity index (χ1n) is 6.11. The maximum atomic E-state index is 11.4. The van der Waals surface area contributed by atoms with Gasteiger partial charge in [-0.15, -0.1) is 0 Å². The number of ether oxygens (including phenoxy) is 1. The minimum atomic E-state index is -0.385. The predicted molar refractivity (Wildman–Crippen MR) is 72.0 cm³/mol. The fraction of sp³-hybridized carbons (Fsp3) is 0.462. The third-order valence-corrected chi connectivity index (χ3v) is 2.42. The number of anilines is 1. The molecule has 0 unspecified atom stereocenters. The van der Waals surface area contributed by atoms with Crippen molar-refractivity contribution in [2.24, 2.45) is 0 Å². The van der Waals surface area contributed by atoms with Crippen LogP contribution in [0.1, 0.15) is 23.7 Å². The van der Waals surface area contributed by atoms with Gasteiger partial charge in [0.15, 0.2) is 0 Å². The molecule has 1 N–H and O–H groups in total. The van der Waals surface area contributed by atoms with E-state index in [4.69, 9.17) is 4.74 Å². The van der Waals surface area contributed by atoms with E-state index in [-0.39, 0.29) is 11.9 Å². The van der Waals surface area contributed by atoms with E-state index in [0.29, 0.717) is 31.0 Å². The molecule has 19 heavy (non-hydrogen) atoms. The molecule has 1 aromatic heterocycles. The number of nitrogens with one attached hydrogen (secondary N) is 1. The Balaban J connectivity index is 2.44. The Morgan fingerprint density at radius 2 is 2.11 bits per heavy atom. The average molecular weight is 265 g/mol. The lowest BCUT2D eigenvalue weighted by Gasteiger charge is -2.10. The van der Waals surface area contributed by atoms with Crippen LogP contribution >= 0.6 is 0 Å². The lowest BCUT2D eigenvalue weighted by Crippen LogP contribution is -2.24. The highest BCUT2D eigenvalue weighted by Crippen LogP contribution is 2.06. The van der Waals surface area contributed by atoms with Gasteiger partial charge >= 0.3 is 5.97 Å². The number of rotatable bonds is 6. The van der Waals surface area contributed by atoms with Gasteiger partial charge < -0.3 is 15.0 Å². The first kappa shape index (κ1) is 14.9. The molecule has 0 aliphatic carbocycles. The molecule has 0 saturated carbocycles. The number of hydrogen-bond acceptors (Lipinski definition) is 5. The summed E-state index contributed by atoms with van der Waals surface area (Å²) < 4.78 is 4.86. The molecular weight excluding hydrogens is 246 g/mol. The predicted octanol–water partition coefficient (Wildman–Crippen LogP) is 1.15. The molecule has 1 rings (SSSR count). The second-order valence-electron chi connectivity index (χ2n) is 4.12. The van der Waals surface area contributed by atoms with Gasteiger partial charge in [0.25, 0.3) is 0 Å². The van der Waals surface area contributed by atoms with E-state index < -0.39 is 0 Å². The van der Waals surface area contributed by atoms with Gasteiger partial charge in [0.2, 0.25) is 5.91 Å². The molecule has 0 aromatic carbocycles. The zero-order chi connectivity index (χ0) is 14.3. The molecule has 0 saturated heterocycles. The van der Waals surface area contributed by atoms with Crippen LogP contribution in [-0.2, 0) is 9.53 Å². The molecule has 0 radical (unpaired) electrons. The Bertz CT molecular complexity index is 429. The summed E-state index contributed by atoms with van der Waals surface area (Å²) in [5.74, 6) is 0.291. The summed E-state index contributed by atoms with van der Waals surface area (Å²) in [4.78, 5) is 28.4. The van der Waals surface area contributed by atoms with Gasteiger partial charge in [0, 0.05) is 33.3 Å². The van der Waals surface area contributed by atoms with Gasteiger partial charge in [0.05, 0.1) is 12.2 Å². The number of hydrogen-bond donors (Lipinski definition) is 1. The Hall–Kier alpha value is -2.11. The maximum absolute atomic E-state index is 11.4. The number of esters is 1. The van der Waals surface area contributed by atoms with Crippen molar-refractivity contribution >= 4 is 17.7 Å². The monoisotopic (exact) mass is 265 g/mol. The zero-order valence-corrected chi connectivity index (χ0v) is 11.5. The maximum Gasteiger partial charge on any atom is 0.339 e. The molecule has 6 nitrogen and oxygen atoms in total. The normalized spacial score (nSPS) is 9.84. The van der Waals surface area contributed by atoms with Crippen LogP contribution in [0, 0.1) is 0 Å². The van der Waals surface area contributed by atoms with Crippen LogP contribution in [0.4, 0.5) is 5.82 Å². The second-order valence-corrected chi connectivity index (χ2v) is 4.12. The molecular formula is C13H19N3O3. The largest absolute Gasteiger partial charge is 0.462 e. The van der Waals surface area contributed by atoms with Gasteiger partial charge in [-0.05, 0) is 19.1 Å². The lowest BCUT2D eigenvalue weighted by atomic mass is 10.3. The average Bonchev–Trinajstić information content (AvgIpc) is 2.39. The van der Waals surface area contributed by atoms with Crippen LogP contribution in [-0.4, -0.2) is 49.0 Å². The smallest absolute Gasteiger partial charge is 0.339 e. The first-order chi connectivity index (χ1) is 9.04. The number of nitrogens with zero attached hydrogens (tertiary/aromatic N) is 2. The molecule has 6 heteroatoms. The summed E-state index contributed by atoms with van der Waals surface area (Å²) in [6.45, 7) is 2.59. The first-order valence-corrected chi connectivity index (χ1v) is 6.11. The van der Waals surface area contributed by atoms with Crippen molar-refractivity contribution in [3.63, 3.8) is 0 Å². The highest BCUT2D eigenvalue weighted by atomic mass is 16.5. The third-order valence-electron chi connectivity index (χ3n) is 2.42. The highest BCUT2D eigenvalue weighted by molar-refractivity contribution is 5.89. The third kappa shape index (κ3) is 4.95. The van der Waals surface area contributed by atoms with E-state index in [1.54, 1.807) is 38.1 Å². The minimum Gasteiger partial charge on any atom is -0.462 e.